The van der Waals surface area contributed by atoms with E-state index in [0.717, 1.165) is 12.4 Å². The molecule has 94 valence electrons. The zero-order valence-corrected chi connectivity index (χ0v) is 10.1. The number of rotatable bonds is 1. The average molecular weight is 246 g/mol. The normalized spacial score (nSPS) is 22.3. The third-order valence-electron chi connectivity index (χ3n) is 3.44. The molecule has 1 aliphatic rings. The molecule has 0 bridgehead atoms. The quantitative estimate of drug-likeness (QED) is 0.811. The predicted octanol–water partition coefficient (Wildman–Crippen LogP) is 2.26. The van der Waals surface area contributed by atoms with Crippen molar-refractivity contribution in [3.8, 4) is 0 Å². The highest BCUT2D eigenvalue weighted by Gasteiger charge is 2.31. The van der Waals surface area contributed by atoms with Crippen molar-refractivity contribution >= 4 is 11.5 Å². The van der Waals surface area contributed by atoms with E-state index in [0.29, 0.717) is 11.3 Å². The number of nitrogens with zero attached hydrogens (tertiary/aromatic N) is 2. The van der Waals surface area contributed by atoms with Gasteiger partial charge >= 0.3 is 0 Å². The van der Waals surface area contributed by atoms with E-state index in [2.05, 4.69) is 17.3 Å². The molecule has 1 aliphatic heterocycles. The highest BCUT2D eigenvalue weighted by atomic mass is 19.1. The summed E-state index contributed by atoms with van der Waals surface area (Å²) in [5, 5.41) is 7.50. The van der Waals surface area contributed by atoms with Crippen molar-refractivity contribution in [2.75, 3.05) is 17.6 Å². The molecule has 0 radical (unpaired) electrons. The fraction of sp³-hybridized carbons (Fsp3) is 0.308. The van der Waals surface area contributed by atoms with Crippen LogP contribution in [0.4, 0.5) is 15.9 Å². The second kappa shape index (κ2) is 4.01. The number of hydrogen-bond donors (Lipinski definition) is 2. The van der Waals surface area contributed by atoms with Gasteiger partial charge in [-0.15, -0.1) is 0 Å². The Morgan fingerprint density at radius 1 is 1.44 bits per heavy atom. The van der Waals surface area contributed by atoms with E-state index < -0.39 is 0 Å². The van der Waals surface area contributed by atoms with Crippen molar-refractivity contribution in [3.05, 3.63) is 41.8 Å². The Balaban J connectivity index is 2.14. The van der Waals surface area contributed by atoms with Crippen molar-refractivity contribution < 1.29 is 4.39 Å². The summed E-state index contributed by atoms with van der Waals surface area (Å²) in [4.78, 5) is 0. The number of fused-ring (bicyclic) bond motifs is 1. The molecule has 5 heteroatoms. The van der Waals surface area contributed by atoms with Crippen LogP contribution in [-0.2, 0) is 0 Å². The van der Waals surface area contributed by atoms with Crippen LogP contribution in [0.3, 0.4) is 0 Å². The first-order valence-electron chi connectivity index (χ1n) is 5.99. The van der Waals surface area contributed by atoms with Crippen LogP contribution in [-0.4, -0.2) is 16.3 Å². The number of anilines is 2. The van der Waals surface area contributed by atoms with E-state index in [4.69, 9.17) is 5.73 Å². The van der Waals surface area contributed by atoms with Gasteiger partial charge < -0.3 is 11.1 Å². The highest BCUT2D eigenvalue weighted by molar-refractivity contribution is 5.62. The molecule has 0 fully saturated rings. The lowest BCUT2D eigenvalue weighted by atomic mass is 9.92. The highest BCUT2D eigenvalue weighted by Crippen LogP contribution is 2.36. The van der Waals surface area contributed by atoms with E-state index in [1.54, 1.807) is 16.9 Å². The molecule has 0 saturated carbocycles. The molecule has 0 saturated heterocycles. The van der Waals surface area contributed by atoms with Crippen molar-refractivity contribution in [2.24, 2.45) is 5.92 Å². The summed E-state index contributed by atoms with van der Waals surface area (Å²) in [6.07, 6.45) is 1.61. The molecule has 3 rings (SSSR count). The Morgan fingerprint density at radius 2 is 2.22 bits per heavy atom. The predicted molar refractivity (Wildman–Crippen MR) is 68.8 cm³/mol. The second-order valence-corrected chi connectivity index (χ2v) is 4.72. The van der Waals surface area contributed by atoms with E-state index in [9.17, 15) is 4.39 Å². The van der Waals surface area contributed by atoms with Gasteiger partial charge in [-0.2, -0.15) is 5.10 Å². The molecule has 2 atom stereocenters. The number of aromatic nitrogens is 2. The third-order valence-corrected chi connectivity index (χ3v) is 3.44. The number of halogens is 1. The minimum absolute atomic E-state index is 0.111. The molecule has 4 nitrogen and oxygen atoms in total. The van der Waals surface area contributed by atoms with Crippen molar-refractivity contribution in [1.82, 2.24) is 9.78 Å². The van der Waals surface area contributed by atoms with Gasteiger partial charge in [0.1, 0.15) is 11.6 Å². The fourth-order valence-electron chi connectivity index (χ4n) is 2.53. The van der Waals surface area contributed by atoms with Crippen LogP contribution in [0.15, 0.2) is 30.5 Å². The fourth-order valence-corrected chi connectivity index (χ4v) is 2.53. The lowest BCUT2D eigenvalue weighted by molar-refractivity contribution is 0.361. The van der Waals surface area contributed by atoms with Crippen LogP contribution >= 0.6 is 0 Å². The van der Waals surface area contributed by atoms with Gasteiger partial charge in [-0.1, -0.05) is 25.1 Å². The van der Waals surface area contributed by atoms with Gasteiger partial charge in [0.25, 0.3) is 0 Å². The lowest BCUT2D eigenvalue weighted by Gasteiger charge is -2.32. The van der Waals surface area contributed by atoms with Gasteiger partial charge in [0.15, 0.2) is 0 Å². The van der Waals surface area contributed by atoms with E-state index >= 15 is 0 Å². The second-order valence-electron chi connectivity index (χ2n) is 4.72. The monoisotopic (exact) mass is 246 g/mol. The smallest absolute Gasteiger partial charge is 0.148 e. The number of benzene rings is 1. The molecule has 0 amide bonds. The first-order chi connectivity index (χ1) is 8.68. The van der Waals surface area contributed by atoms with Gasteiger partial charge in [-0.05, 0) is 6.07 Å². The maximum atomic E-state index is 14.0. The van der Waals surface area contributed by atoms with E-state index in [1.807, 2.05) is 12.1 Å². The van der Waals surface area contributed by atoms with Crippen molar-refractivity contribution in [3.63, 3.8) is 0 Å². The summed E-state index contributed by atoms with van der Waals surface area (Å²) in [7, 11) is 0. The number of nitrogens with one attached hydrogen (secondary N) is 1. The maximum Gasteiger partial charge on any atom is 0.148 e. The summed E-state index contributed by atoms with van der Waals surface area (Å²) >= 11 is 0. The average Bonchev–Trinajstić information content (AvgIpc) is 2.73. The zero-order chi connectivity index (χ0) is 12.7. The SMILES string of the molecule is CC1CNc2c(N)cnn2C1c1ccccc1F. The molecule has 18 heavy (non-hydrogen) atoms. The van der Waals surface area contributed by atoms with Crippen LogP contribution in [0.5, 0.6) is 0 Å². The molecule has 0 spiro atoms. The summed E-state index contributed by atoms with van der Waals surface area (Å²) in [6, 6.07) is 6.72. The Kier molecular flexibility index (Phi) is 2.47. The van der Waals surface area contributed by atoms with Gasteiger partial charge in [0.2, 0.25) is 0 Å². The molecular weight excluding hydrogens is 231 g/mol. The largest absolute Gasteiger partial charge is 0.394 e. The topological polar surface area (TPSA) is 55.9 Å². The van der Waals surface area contributed by atoms with Crippen molar-refractivity contribution in [1.29, 1.82) is 0 Å². The van der Waals surface area contributed by atoms with Crippen LogP contribution in [0.1, 0.15) is 18.5 Å². The van der Waals surface area contributed by atoms with Gasteiger partial charge in [0, 0.05) is 18.0 Å². The van der Waals surface area contributed by atoms with Crippen LogP contribution in [0.25, 0.3) is 0 Å². The molecule has 1 aromatic heterocycles. The summed E-state index contributed by atoms with van der Waals surface area (Å²) in [6.45, 7) is 2.83. The minimum Gasteiger partial charge on any atom is -0.394 e. The Morgan fingerprint density at radius 3 is 3.00 bits per heavy atom. The Labute approximate surface area is 105 Å². The minimum atomic E-state index is -0.198. The van der Waals surface area contributed by atoms with Gasteiger partial charge in [-0.3, -0.25) is 0 Å². The molecule has 2 unspecified atom stereocenters. The van der Waals surface area contributed by atoms with Crippen LogP contribution in [0, 0.1) is 11.7 Å². The van der Waals surface area contributed by atoms with Crippen LogP contribution < -0.4 is 11.1 Å². The molecule has 2 heterocycles. The van der Waals surface area contributed by atoms with E-state index in [1.165, 1.54) is 6.07 Å². The number of hydrogen-bond acceptors (Lipinski definition) is 3. The third kappa shape index (κ3) is 1.54. The molecule has 0 aliphatic carbocycles. The number of nitrogen functional groups attached to an aromatic ring is 1. The summed E-state index contributed by atoms with van der Waals surface area (Å²) in [5.74, 6) is 0.825. The lowest BCUT2D eigenvalue weighted by Crippen LogP contribution is -2.32. The first kappa shape index (κ1) is 11.1. The summed E-state index contributed by atoms with van der Waals surface area (Å²) in [5.41, 5.74) is 7.11. The zero-order valence-electron chi connectivity index (χ0n) is 10.1. The Hall–Kier alpha value is -2.04. The van der Waals surface area contributed by atoms with Gasteiger partial charge in [-0.25, -0.2) is 9.07 Å². The molecule has 2 aromatic rings. The number of nitrogens with two attached hydrogens (primary N) is 1. The Bertz CT molecular complexity index is 578. The van der Waals surface area contributed by atoms with Gasteiger partial charge in [0.05, 0.1) is 17.9 Å². The maximum absolute atomic E-state index is 14.0. The molecule has 1 aromatic carbocycles. The molecular formula is C13H15FN4. The van der Waals surface area contributed by atoms with E-state index in [-0.39, 0.29) is 17.8 Å². The summed E-state index contributed by atoms with van der Waals surface area (Å²) < 4.78 is 15.7. The molecule has 3 N–H and O–H groups in total. The van der Waals surface area contributed by atoms with Crippen molar-refractivity contribution in [2.45, 2.75) is 13.0 Å². The van der Waals surface area contributed by atoms with Crippen LogP contribution in [0.2, 0.25) is 0 Å². The standard InChI is InChI=1S/C13H15FN4/c1-8-6-16-13-11(15)7-17-18(13)12(8)9-4-2-3-5-10(9)14/h2-5,7-8,12,16H,6,15H2,1H3. The first-order valence-corrected chi connectivity index (χ1v) is 5.99.